The van der Waals surface area contributed by atoms with Crippen LogP contribution in [0, 0.1) is 12.8 Å². The second kappa shape index (κ2) is 6.64. The quantitative estimate of drug-likeness (QED) is 0.906. The fraction of sp³-hybridized carbons (Fsp3) is 0.562. The zero-order valence-electron chi connectivity index (χ0n) is 12.7. The highest BCUT2D eigenvalue weighted by atomic mass is 32.2. The van der Waals surface area contributed by atoms with Gasteiger partial charge in [-0.3, -0.25) is 10.1 Å². The van der Waals surface area contributed by atoms with E-state index in [0.29, 0.717) is 5.92 Å². The fourth-order valence-corrected chi connectivity index (χ4v) is 2.95. The Bertz CT molecular complexity index is 458. The van der Waals surface area contributed by atoms with Crippen molar-refractivity contribution in [1.29, 1.82) is 0 Å². The average Bonchev–Trinajstić information content (AvgIpc) is 2.75. The van der Waals surface area contributed by atoms with Gasteiger partial charge < -0.3 is 4.90 Å². The number of nitrogens with one attached hydrogen (secondary N) is 1. The van der Waals surface area contributed by atoms with Gasteiger partial charge in [-0.1, -0.05) is 43.7 Å². The summed E-state index contributed by atoms with van der Waals surface area (Å²) in [7, 11) is 0. The van der Waals surface area contributed by atoms with E-state index in [9.17, 15) is 4.79 Å². The molecule has 0 saturated carbocycles. The molecule has 1 aliphatic heterocycles. The number of amides is 1. The standard InChI is InChI=1S/C16H24N2OS/c1-11(2)14-16(19)18(9-10-20-4)15(17-14)13-7-5-12(3)6-8-13/h5-8,11,14-15,17H,9-10H2,1-4H3. The number of rotatable bonds is 5. The average molecular weight is 292 g/mol. The van der Waals surface area contributed by atoms with Gasteiger partial charge in [0.1, 0.15) is 6.17 Å². The largest absolute Gasteiger partial charge is 0.321 e. The third kappa shape index (κ3) is 3.18. The number of benzene rings is 1. The van der Waals surface area contributed by atoms with Crippen molar-refractivity contribution < 1.29 is 4.79 Å². The molecule has 2 unspecified atom stereocenters. The van der Waals surface area contributed by atoms with E-state index in [0.717, 1.165) is 12.3 Å². The Morgan fingerprint density at radius 2 is 1.95 bits per heavy atom. The molecule has 1 fully saturated rings. The van der Waals surface area contributed by atoms with Gasteiger partial charge in [0.15, 0.2) is 0 Å². The predicted molar refractivity (Wildman–Crippen MR) is 85.8 cm³/mol. The van der Waals surface area contributed by atoms with Crippen molar-refractivity contribution in [2.24, 2.45) is 5.92 Å². The molecule has 2 rings (SSSR count). The molecule has 1 aromatic carbocycles. The van der Waals surface area contributed by atoms with Gasteiger partial charge in [0.05, 0.1) is 6.04 Å². The van der Waals surface area contributed by atoms with Crippen molar-refractivity contribution in [3.8, 4) is 0 Å². The van der Waals surface area contributed by atoms with Gasteiger partial charge in [-0.15, -0.1) is 0 Å². The van der Waals surface area contributed by atoms with E-state index >= 15 is 0 Å². The normalized spacial score (nSPS) is 22.9. The van der Waals surface area contributed by atoms with Crippen LogP contribution in [0.25, 0.3) is 0 Å². The van der Waals surface area contributed by atoms with Crippen LogP contribution >= 0.6 is 11.8 Å². The number of carbonyl (C=O) groups is 1. The van der Waals surface area contributed by atoms with Gasteiger partial charge in [0, 0.05) is 12.3 Å². The lowest BCUT2D eigenvalue weighted by molar-refractivity contribution is -0.130. The summed E-state index contributed by atoms with van der Waals surface area (Å²) >= 11 is 1.78. The van der Waals surface area contributed by atoms with Gasteiger partial charge in [-0.25, -0.2) is 0 Å². The van der Waals surface area contributed by atoms with Crippen LogP contribution in [0.5, 0.6) is 0 Å². The first-order chi connectivity index (χ1) is 9.54. The first-order valence-corrected chi connectivity index (χ1v) is 8.56. The van der Waals surface area contributed by atoms with E-state index in [1.807, 2.05) is 4.90 Å². The molecule has 0 aliphatic carbocycles. The van der Waals surface area contributed by atoms with Crippen LogP contribution < -0.4 is 5.32 Å². The number of hydrogen-bond donors (Lipinski definition) is 1. The summed E-state index contributed by atoms with van der Waals surface area (Å²) in [6.45, 7) is 7.08. The van der Waals surface area contributed by atoms with Crippen LogP contribution in [-0.4, -0.2) is 35.4 Å². The highest BCUT2D eigenvalue weighted by Gasteiger charge is 2.40. The monoisotopic (exact) mass is 292 g/mol. The minimum Gasteiger partial charge on any atom is -0.321 e. The maximum absolute atomic E-state index is 12.6. The number of thioether (sulfide) groups is 1. The molecule has 2 atom stereocenters. The van der Waals surface area contributed by atoms with Crippen molar-refractivity contribution in [3.05, 3.63) is 35.4 Å². The van der Waals surface area contributed by atoms with Crippen LogP contribution in [0.4, 0.5) is 0 Å². The topological polar surface area (TPSA) is 32.3 Å². The predicted octanol–water partition coefficient (Wildman–Crippen LogP) is 2.81. The highest BCUT2D eigenvalue weighted by Crippen LogP contribution is 2.28. The molecule has 4 heteroatoms. The van der Waals surface area contributed by atoms with Crippen LogP contribution in [0.2, 0.25) is 0 Å². The molecular formula is C16H24N2OS. The van der Waals surface area contributed by atoms with Crippen molar-refractivity contribution in [1.82, 2.24) is 10.2 Å². The van der Waals surface area contributed by atoms with E-state index in [1.54, 1.807) is 11.8 Å². The molecule has 0 spiro atoms. The summed E-state index contributed by atoms with van der Waals surface area (Å²) in [5.41, 5.74) is 2.42. The maximum Gasteiger partial charge on any atom is 0.241 e. The Morgan fingerprint density at radius 3 is 2.50 bits per heavy atom. The van der Waals surface area contributed by atoms with Crippen LogP contribution in [0.1, 0.15) is 31.1 Å². The SMILES string of the molecule is CSCCN1C(=O)C(C(C)C)NC1c1ccc(C)cc1. The van der Waals surface area contributed by atoms with E-state index in [2.05, 4.69) is 56.6 Å². The van der Waals surface area contributed by atoms with Crippen molar-refractivity contribution in [3.63, 3.8) is 0 Å². The van der Waals surface area contributed by atoms with Crippen molar-refractivity contribution >= 4 is 17.7 Å². The molecular weight excluding hydrogens is 268 g/mol. The molecule has 0 bridgehead atoms. The molecule has 1 aromatic rings. The summed E-state index contributed by atoms with van der Waals surface area (Å²) in [4.78, 5) is 14.5. The van der Waals surface area contributed by atoms with Gasteiger partial charge in [-0.2, -0.15) is 11.8 Å². The zero-order valence-corrected chi connectivity index (χ0v) is 13.5. The van der Waals surface area contributed by atoms with E-state index in [4.69, 9.17) is 0 Å². The van der Waals surface area contributed by atoms with Crippen LogP contribution in [0.15, 0.2) is 24.3 Å². The Balaban J connectivity index is 2.23. The molecule has 0 radical (unpaired) electrons. The van der Waals surface area contributed by atoms with E-state index in [1.165, 1.54) is 11.1 Å². The highest BCUT2D eigenvalue weighted by molar-refractivity contribution is 7.98. The first kappa shape index (κ1) is 15.4. The molecule has 20 heavy (non-hydrogen) atoms. The van der Waals surface area contributed by atoms with Gasteiger partial charge in [0.25, 0.3) is 0 Å². The third-order valence-corrected chi connectivity index (χ3v) is 4.39. The lowest BCUT2D eigenvalue weighted by Gasteiger charge is -2.24. The number of aryl methyl sites for hydroxylation is 1. The van der Waals surface area contributed by atoms with Gasteiger partial charge in [0.2, 0.25) is 5.91 Å². The van der Waals surface area contributed by atoms with Gasteiger partial charge >= 0.3 is 0 Å². The van der Waals surface area contributed by atoms with Crippen molar-refractivity contribution in [2.45, 2.75) is 33.0 Å². The van der Waals surface area contributed by atoms with Crippen LogP contribution in [-0.2, 0) is 4.79 Å². The zero-order chi connectivity index (χ0) is 14.7. The maximum atomic E-state index is 12.6. The Hall–Kier alpha value is -1.00. The van der Waals surface area contributed by atoms with E-state index in [-0.39, 0.29) is 18.1 Å². The summed E-state index contributed by atoms with van der Waals surface area (Å²) in [5.74, 6) is 1.52. The number of nitrogens with zero attached hydrogens (tertiary/aromatic N) is 1. The van der Waals surface area contributed by atoms with Crippen molar-refractivity contribution in [2.75, 3.05) is 18.6 Å². The summed E-state index contributed by atoms with van der Waals surface area (Å²) in [6.07, 6.45) is 2.09. The molecule has 1 N–H and O–H groups in total. The number of carbonyl (C=O) groups excluding carboxylic acids is 1. The van der Waals surface area contributed by atoms with Crippen LogP contribution in [0.3, 0.4) is 0 Å². The summed E-state index contributed by atoms with van der Waals surface area (Å²) < 4.78 is 0. The minimum absolute atomic E-state index is 0.0163. The van der Waals surface area contributed by atoms with E-state index < -0.39 is 0 Å². The Morgan fingerprint density at radius 1 is 1.30 bits per heavy atom. The minimum atomic E-state index is -0.0665. The molecule has 1 heterocycles. The summed E-state index contributed by atoms with van der Waals surface area (Å²) in [6, 6.07) is 8.39. The molecule has 1 aliphatic rings. The number of hydrogen-bond acceptors (Lipinski definition) is 3. The van der Waals surface area contributed by atoms with Gasteiger partial charge in [-0.05, 0) is 24.7 Å². The molecule has 1 amide bonds. The molecule has 110 valence electrons. The Labute approximate surface area is 126 Å². The Kier molecular flexibility index (Phi) is 5.11. The second-order valence-corrected chi connectivity index (χ2v) is 6.71. The lowest BCUT2D eigenvalue weighted by atomic mass is 10.1. The second-order valence-electron chi connectivity index (χ2n) is 5.73. The molecule has 3 nitrogen and oxygen atoms in total. The fourth-order valence-electron chi connectivity index (χ4n) is 2.57. The lowest BCUT2D eigenvalue weighted by Crippen LogP contribution is -2.35. The molecule has 0 aromatic heterocycles. The third-order valence-electron chi connectivity index (χ3n) is 3.79. The first-order valence-electron chi connectivity index (χ1n) is 7.16. The smallest absolute Gasteiger partial charge is 0.241 e. The summed E-state index contributed by atoms with van der Waals surface area (Å²) in [5, 5.41) is 3.50. The molecule has 1 saturated heterocycles.